The highest BCUT2D eigenvalue weighted by molar-refractivity contribution is 5.95. The topological polar surface area (TPSA) is 94.9 Å². The number of carbonyl (C=O) groups excluding carboxylic acids is 3. The standard InChI is InChI=1S/C20H21F3N4O4/c1-12(26-6-8-27(9-7-26)20(30)15-3-2-10-31-15)19(29)24-11-16(28)25-14-5-4-13(21)17(22)18(14)23/h2-5,10,12H,6-9,11H2,1H3,(H,24,29)(H,25,28). The van der Waals surface area contributed by atoms with Crippen molar-refractivity contribution in [2.45, 2.75) is 13.0 Å². The van der Waals surface area contributed by atoms with E-state index in [1.807, 2.05) is 4.90 Å². The summed E-state index contributed by atoms with van der Waals surface area (Å²) in [6.07, 6.45) is 1.42. The Kier molecular flexibility index (Phi) is 6.95. The number of carbonyl (C=O) groups is 3. The third-order valence-electron chi connectivity index (χ3n) is 4.99. The summed E-state index contributed by atoms with van der Waals surface area (Å²) in [4.78, 5) is 40.0. The van der Waals surface area contributed by atoms with Gasteiger partial charge in [0.15, 0.2) is 23.2 Å². The smallest absolute Gasteiger partial charge is 0.289 e. The van der Waals surface area contributed by atoms with Crippen LogP contribution in [0.15, 0.2) is 34.9 Å². The largest absolute Gasteiger partial charge is 0.459 e. The zero-order valence-corrected chi connectivity index (χ0v) is 16.7. The van der Waals surface area contributed by atoms with Crippen LogP contribution in [0.25, 0.3) is 0 Å². The van der Waals surface area contributed by atoms with Crippen LogP contribution >= 0.6 is 0 Å². The molecule has 1 aromatic heterocycles. The minimum Gasteiger partial charge on any atom is -0.459 e. The van der Waals surface area contributed by atoms with E-state index in [1.54, 1.807) is 24.0 Å². The molecule has 2 aromatic rings. The van der Waals surface area contributed by atoms with Gasteiger partial charge in [0.25, 0.3) is 5.91 Å². The van der Waals surface area contributed by atoms with Gasteiger partial charge in [0.05, 0.1) is 24.5 Å². The predicted molar refractivity (Wildman–Crippen MR) is 104 cm³/mol. The van der Waals surface area contributed by atoms with Crippen LogP contribution in [0, 0.1) is 17.5 Å². The van der Waals surface area contributed by atoms with Gasteiger partial charge in [0.2, 0.25) is 11.8 Å². The van der Waals surface area contributed by atoms with Gasteiger partial charge in [-0.1, -0.05) is 0 Å². The lowest BCUT2D eigenvalue weighted by molar-refractivity contribution is -0.128. The molecular weight excluding hydrogens is 417 g/mol. The van der Waals surface area contributed by atoms with Crippen LogP contribution in [0.2, 0.25) is 0 Å². The fourth-order valence-electron chi connectivity index (χ4n) is 3.17. The Morgan fingerprint density at radius 1 is 1.06 bits per heavy atom. The molecule has 1 unspecified atom stereocenters. The molecule has 166 valence electrons. The van der Waals surface area contributed by atoms with E-state index in [-0.39, 0.29) is 11.7 Å². The molecule has 1 aliphatic rings. The SMILES string of the molecule is CC(C(=O)NCC(=O)Nc1ccc(F)c(F)c1F)N1CCN(C(=O)c2ccco2)CC1. The molecule has 1 aliphatic heterocycles. The third-order valence-corrected chi connectivity index (χ3v) is 4.99. The molecule has 8 nitrogen and oxygen atoms in total. The highest BCUT2D eigenvalue weighted by atomic mass is 19.2. The second-order valence-corrected chi connectivity index (χ2v) is 6.97. The summed E-state index contributed by atoms with van der Waals surface area (Å²) in [7, 11) is 0. The Balaban J connectivity index is 1.45. The van der Waals surface area contributed by atoms with Crippen molar-refractivity contribution in [2.75, 3.05) is 38.0 Å². The fraction of sp³-hybridized carbons (Fsp3) is 0.350. The number of nitrogens with one attached hydrogen (secondary N) is 2. The summed E-state index contributed by atoms with van der Waals surface area (Å²) in [6.45, 7) is 2.91. The highest BCUT2D eigenvalue weighted by Gasteiger charge is 2.29. The lowest BCUT2D eigenvalue weighted by atomic mass is 10.2. The van der Waals surface area contributed by atoms with Crippen LogP contribution in [0.4, 0.5) is 18.9 Å². The van der Waals surface area contributed by atoms with E-state index in [2.05, 4.69) is 10.6 Å². The van der Waals surface area contributed by atoms with Crippen molar-refractivity contribution in [1.29, 1.82) is 0 Å². The van der Waals surface area contributed by atoms with Crippen molar-refractivity contribution in [3.05, 3.63) is 53.7 Å². The van der Waals surface area contributed by atoms with Crippen molar-refractivity contribution in [3.63, 3.8) is 0 Å². The number of furan rings is 1. The molecule has 2 heterocycles. The Bertz CT molecular complexity index is 960. The number of hydrogen-bond acceptors (Lipinski definition) is 5. The van der Waals surface area contributed by atoms with Crippen LogP contribution in [0.1, 0.15) is 17.5 Å². The molecule has 0 spiro atoms. The van der Waals surface area contributed by atoms with Crippen molar-refractivity contribution in [3.8, 4) is 0 Å². The fourth-order valence-corrected chi connectivity index (χ4v) is 3.17. The van der Waals surface area contributed by atoms with Crippen LogP contribution in [-0.4, -0.2) is 66.3 Å². The van der Waals surface area contributed by atoms with Gasteiger partial charge in [-0.25, -0.2) is 13.2 Å². The van der Waals surface area contributed by atoms with Gasteiger partial charge in [0.1, 0.15) is 0 Å². The second kappa shape index (κ2) is 9.65. The second-order valence-electron chi connectivity index (χ2n) is 6.97. The molecule has 2 N–H and O–H groups in total. The van der Waals surface area contributed by atoms with Gasteiger partial charge >= 0.3 is 0 Å². The zero-order chi connectivity index (χ0) is 22.5. The van der Waals surface area contributed by atoms with Crippen LogP contribution in [0.5, 0.6) is 0 Å². The summed E-state index contributed by atoms with van der Waals surface area (Å²) in [5, 5.41) is 4.50. The first-order valence-corrected chi connectivity index (χ1v) is 9.56. The van der Waals surface area contributed by atoms with Gasteiger partial charge in [0, 0.05) is 26.2 Å². The van der Waals surface area contributed by atoms with E-state index in [0.29, 0.717) is 32.2 Å². The quantitative estimate of drug-likeness (QED) is 0.669. The monoisotopic (exact) mass is 438 g/mol. The third kappa shape index (κ3) is 5.23. The molecule has 31 heavy (non-hydrogen) atoms. The maximum Gasteiger partial charge on any atom is 0.289 e. The maximum absolute atomic E-state index is 13.6. The first-order valence-electron chi connectivity index (χ1n) is 9.56. The number of amides is 3. The number of benzene rings is 1. The van der Waals surface area contributed by atoms with E-state index in [4.69, 9.17) is 4.42 Å². The molecule has 0 radical (unpaired) electrons. The Hall–Kier alpha value is -3.34. The summed E-state index contributed by atoms with van der Waals surface area (Å²) >= 11 is 0. The zero-order valence-electron chi connectivity index (χ0n) is 16.7. The average Bonchev–Trinajstić information content (AvgIpc) is 3.32. The van der Waals surface area contributed by atoms with Gasteiger partial charge in [-0.15, -0.1) is 0 Å². The van der Waals surface area contributed by atoms with Gasteiger partial charge in [-0.05, 0) is 31.2 Å². The first kappa shape index (κ1) is 22.3. The molecule has 1 saturated heterocycles. The van der Waals surface area contributed by atoms with Crippen molar-refractivity contribution < 1.29 is 32.0 Å². The molecular formula is C20H21F3N4O4. The summed E-state index contributed by atoms with van der Waals surface area (Å²) < 4.78 is 44.9. The molecule has 3 amide bonds. The molecule has 0 bridgehead atoms. The molecule has 11 heteroatoms. The maximum atomic E-state index is 13.6. The summed E-state index contributed by atoms with van der Waals surface area (Å²) in [5.41, 5.74) is -0.524. The Morgan fingerprint density at radius 3 is 2.42 bits per heavy atom. The summed E-state index contributed by atoms with van der Waals surface area (Å²) in [6, 6.07) is 4.22. The first-order chi connectivity index (χ1) is 14.8. The lowest BCUT2D eigenvalue weighted by Crippen LogP contribution is -2.55. The van der Waals surface area contributed by atoms with E-state index < -0.39 is 47.5 Å². The predicted octanol–water partition coefficient (Wildman–Crippen LogP) is 1.60. The lowest BCUT2D eigenvalue weighted by Gasteiger charge is -2.37. The van der Waals surface area contributed by atoms with Crippen LogP contribution in [0.3, 0.4) is 0 Å². The van der Waals surface area contributed by atoms with Crippen LogP contribution < -0.4 is 10.6 Å². The molecule has 0 saturated carbocycles. The Labute approximate surface area is 176 Å². The van der Waals surface area contributed by atoms with Crippen LogP contribution in [-0.2, 0) is 9.59 Å². The van der Waals surface area contributed by atoms with E-state index in [1.165, 1.54) is 6.26 Å². The molecule has 3 rings (SSSR count). The average molecular weight is 438 g/mol. The number of nitrogens with zero attached hydrogens (tertiary/aromatic N) is 2. The van der Waals surface area contributed by atoms with Crippen molar-refractivity contribution >= 4 is 23.4 Å². The minimum absolute atomic E-state index is 0.220. The summed E-state index contributed by atoms with van der Waals surface area (Å²) in [5.74, 6) is -5.78. The minimum atomic E-state index is -1.69. The van der Waals surface area contributed by atoms with E-state index >= 15 is 0 Å². The highest BCUT2D eigenvalue weighted by Crippen LogP contribution is 2.19. The number of hydrogen-bond donors (Lipinski definition) is 2. The van der Waals surface area contributed by atoms with Crippen molar-refractivity contribution in [2.24, 2.45) is 0 Å². The Morgan fingerprint density at radius 2 is 1.77 bits per heavy atom. The molecule has 1 aromatic carbocycles. The van der Waals surface area contributed by atoms with E-state index in [0.717, 1.165) is 6.07 Å². The van der Waals surface area contributed by atoms with Gasteiger partial charge in [-0.2, -0.15) is 0 Å². The van der Waals surface area contributed by atoms with Gasteiger partial charge in [-0.3, -0.25) is 19.3 Å². The number of piperazine rings is 1. The van der Waals surface area contributed by atoms with E-state index in [9.17, 15) is 27.6 Å². The number of rotatable bonds is 6. The normalized spacial score (nSPS) is 15.4. The molecule has 1 atom stereocenters. The van der Waals surface area contributed by atoms with Crippen molar-refractivity contribution in [1.82, 2.24) is 15.1 Å². The molecule has 1 fully saturated rings. The van der Waals surface area contributed by atoms with Gasteiger partial charge < -0.3 is 20.0 Å². The molecule has 0 aliphatic carbocycles. The number of halogens is 3. The number of anilines is 1.